The van der Waals surface area contributed by atoms with Gasteiger partial charge in [-0.3, -0.25) is 9.69 Å². The smallest absolute Gasteiger partial charge is 0.236 e. The highest BCUT2D eigenvalue weighted by atomic mass is 16.3. The van der Waals surface area contributed by atoms with Crippen molar-refractivity contribution in [1.82, 2.24) is 15.1 Å². The maximum absolute atomic E-state index is 11.9. The molecule has 100 valence electrons. The quantitative estimate of drug-likeness (QED) is 0.700. The molecule has 0 saturated carbocycles. The number of carbonyl (C=O) groups is 1. The number of nitrogens with one attached hydrogen (secondary N) is 1. The fourth-order valence-corrected chi connectivity index (χ4v) is 1.81. The molecule has 0 spiro atoms. The Labute approximate surface area is 104 Å². The number of aliphatic hydroxyl groups excluding tert-OH is 1. The van der Waals surface area contributed by atoms with Crippen LogP contribution in [0, 0.1) is 0 Å². The average Bonchev–Trinajstić information content (AvgIpc) is 2.26. The first-order valence-electron chi connectivity index (χ1n) is 6.28. The van der Waals surface area contributed by atoms with Crippen molar-refractivity contribution in [3.8, 4) is 0 Å². The summed E-state index contributed by atoms with van der Waals surface area (Å²) >= 11 is 0. The molecule has 1 aliphatic rings. The molecule has 17 heavy (non-hydrogen) atoms. The lowest BCUT2D eigenvalue weighted by Gasteiger charge is -2.35. The van der Waals surface area contributed by atoms with Crippen molar-refractivity contribution in [1.29, 1.82) is 0 Å². The Kier molecular flexibility index (Phi) is 5.36. The molecule has 0 radical (unpaired) electrons. The van der Waals surface area contributed by atoms with Crippen LogP contribution in [0.25, 0.3) is 0 Å². The molecule has 0 unspecified atom stereocenters. The number of hydrogen-bond acceptors (Lipinski definition) is 4. The molecule has 0 bridgehead atoms. The van der Waals surface area contributed by atoms with Crippen LogP contribution in [0.15, 0.2) is 0 Å². The monoisotopic (exact) mass is 243 g/mol. The molecule has 5 heteroatoms. The van der Waals surface area contributed by atoms with Gasteiger partial charge in [0.05, 0.1) is 13.2 Å². The van der Waals surface area contributed by atoms with E-state index in [2.05, 4.69) is 31.0 Å². The summed E-state index contributed by atoms with van der Waals surface area (Å²) in [5.74, 6) is 0.170. The molecule has 1 fully saturated rings. The van der Waals surface area contributed by atoms with E-state index in [9.17, 15) is 4.79 Å². The van der Waals surface area contributed by atoms with Crippen LogP contribution in [0.2, 0.25) is 0 Å². The molecule has 0 aromatic carbocycles. The van der Waals surface area contributed by atoms with Gasteiger partial charge in [0, 0.05) is 38.3 Å². The number of rotatable bonds is 4. The Morgan fingerprint density at radius 1 is 1.24 bits per heavy atom. The van der Waals surface area contributed by atoms with Crippen molar-refractivity contribution in [2.24, 2.45) is 0 Å². The van der Waals surface area contributed by atoms with Crippen molar-refractivity contribution in [2.45, 2.75) is 26.3 Å². The van der Waals surface area contributed by atoms with E-state index < -0.39 is 0 Å². The Hall–Kier alpha value is -0.650. The van der Waals surface area contributed by atoms with E-state index in [0.717, 1.165) is 26.2 Å². The SMILES string of the molecule is CC(C)(C)NCC(=O)N1CCN(CCO)CC1. The summed E-state index contributed by atoms with van der Waals surface area (Å²) in [7, 11) is 0. The van der Waals surface area contributed by atoms with Gasteiger partial charge in [-0.2, -0.15) is 0 Å². The van der Waals surface area contributed by atoms with E-state index >= 15 is 0 Å². The number of amides is 1. The molecule has 1 amide bonds. The van der Waals surface area contributed by atoms with Gasteiger partial charge in [-0.05, 0) is 20.8 Å². The van der Waals surface area contributed by atoms with E-state index in [0.29, 0.717) is 13.1 Å². The van der Waals surface area contributed by atoms with Gasteiger partial charge in [0.1, 0.15) is 0 Å². The second-order valence-electron chi connectivity index (χ2n) is 5.55. The van der Waals surface area contributed by atoms with Gasteiger partial charge in [0.2, 0.25) is 5.91 Å². The maximum atomic E-state index is 11.9. The number of aliphatic hydroxyl groups is 1. The summed E-state index contributed by atoms with van der Waals surface area (Å²) in [6, 6.07) is 0. The summed E-state index contributed by atoms with van der Waals surface area (Å²) in [4.78, 5) is 16.0. The van der Waals surface area contributed by atoms with Crippen molar-refractivity contribution in [2.75, 3.05) is 45.9 Å². The van der Waals surface area contributed by atoms with Crippen molar-refractivity contribution < 1.29 is 9.90 Å². The fourth-order valence-electron chi connectivity index (χ4n) is 1.81. The lowest BCUT2D eigenvalue weighted by Crippen LogP contribution is -2.52. The van der Waals surface area contributed by atoms with Crippen molar-refractivity contribution in [3.63, 3.8) is 0 Å². The predicted molar refractivity (Wildman–Crippen MR) is 67.9 cm³/mol. The third kappa shape index (κ3) is 5.48. The zero-order chi connectivity index (χ0) is 12.9. The second-order valence-corrected chi connectivity index (χ2v) is 5.55. The number of piperazine rings is 1. The summed E-state index contributed by atoms with van der Waals surface area (Å²) in [5.41, 5.74) is -0.0195. The molecule has 2 N–H and O–H groups in total. The summed E-state index contributed by atoms with van der Waals surface area (Å²) < 4.78 is 0. The largest absolute Gasteiger partial charge is 0.395 e. The molecular formula is C12H25N3O2. The molecule has 5 nitrogen and oxygen atoms in total. The van der Waals surface area contributed by atoms with Crippen LogP contribution >= 0.6 is 0 Å². The van der Waals surface area contributed by atoms with Crippen LogP contribution in [-0.4, -0.2) is 72.2 Å². The lowest BCUT2D eigenvalue weighted by molar-refractivity contribution is -0.132. The standard InChI is InChI=1S/C12H25N3O2/c1-12(2,3)13-10-11(17)15-6-4-14(5-7-15)8-9-16/h13,16H,4-10H2,1-3H3. The molecule has 1 rings (SSSR count). The van der Waals surface area contributed by atoms with E-state index in [1.54, 1.807) is 0 Å². The molecule has 0 aromatic rings. The molecule has 0 aliphatic carbocycles. The van der Waals surface area contributed by atoms with Gasteiger partial charge in [0.15, 0.2) is 0 Å². The predicted octanol–water partition coefficient (Wildman–Crippen LogP) is -0.489. The lowest BCUT2D eigenvalue weighted by atomic mass is 10.1. The Morgan fingerprint density at radius 3 is 2.29 bits per heavy atom. The molecule has 1 saturated heterocycles. The van der Waals surface area contributed by atoms with Crippen LogP contribution < -0.4 is 5.32 Å². The zero-order valence-corrected chi connectivity index (χ0v) is 11.2. The van der Waals surface area contributed by atoms with E-state index in [4.69, 9.17) is 5.11 Å². The summed E-state index contributed by atoms with van der Waals surface area (Å²) in [6.07, 6.45) is 0. The van der Waals surface area contributed by atoms with Crippen LogP contribution in [0.4, 0.5) is 0 Å². The minimum Gasteiger partial charge on any atom is -0.395 e. The van der Waals surface area contributed by atoms with Gasteiger partial charge in [-0.15, -0.1) is 0 Å². The maximum Gasteiger partial charge on any atom is 0.236 e. The highest BCUT2D eigenvalue weighted by Crippen LogP contribution is 2.03. The van der Waals surface area contributed by atoms with E-state index in [1.165, 1.54) is 0 Å². The number of carbonyl (C=O) groups excluding carboxylic acids is 1. The van der Waals surface area contributed by atoms with E-state index in [-0.39, 0.29) is 18.1 Å². The molecular weight excluding hydrogens is 218 g/mol. The highest BCUT2D eigenvalue weighted by molar-refractivity contribution is 5.78. The number of β-amino-alcohol motifs (C(OH)–C–C–N with tert-alkyl or cyclic N) is 1. The van der Waals surface area contributed by atoms with Crippen molar-refractivity contribution >= 4 is 5.91 Å². The van der Waals surface area contributed by atoms with E-state index in [1.807, 2.05) is 4.90 Å². The third-order valence-electron chi connectivity index (χ3n) is 2.91. The fraction of sp³-hybridized carbons (Fsp3) is 0.917. The highest BCUT2D eigenvalue weighted by Gasteiger charge is 2.21. The number of nitrogens with zero attached hydrogens (tertiary/aromatic N) is 2. The average molecular weight is 243 g/mol. The first-order valence-corrected chi connectivity index (χ1v) is 6.28. The molecule has 0 aromatic heterocycles. The van der Waals surface area contributed by atoms with Crippen LogP contribution in [0.3, 0.4) is 0 Å². The first kappa shape index (κ1) is 14.4. The summed E-state index contributed by atoms with van der Waals surface area (Å²) in [5, 5.41) is 12.0. The molecule has 0 atom stereocenters. The van der Waals surface area contributed by atoms with Crippen molar-refractivity contribution in [3.05, 3.63) is 0 Å². The van der Waals surface area contributed by atoms with Crippen LogP contribution in [0.1, 0.15) is 20.8 Å². The first-order chi connectivity index (χ1) is 7.92. The normalized spacial score (nSPS) is 18.5. The Morgan fingerprint density at radius 2 is 1.82 bits per heavy atom. The second kappa shape index (κ2) is 6.33. The molecule has 1 heterocycles. The minimum atomic E-state index is -0.0195. The summed E-state index contributed by atoms with van der Waals surface area (Å²) in [6.45, 7) is 10.7. The van der Waals surface area contributed by atoms with Crippen LogP contribution in [0.5, 0.6) is 0 Å². The van der Waals surface area contributed by atoms with Gasteiger partial charge in [0.25, 0.3) is 0 Å². The van der Waals surface area contributed by atoms with Gasteiger partial charge < -0.3 is 15.3 Å². The Balaban J connectivity index is 2.26. The van der Waals surface area contributed by atoms with Gasteiger partial charge >= 0.3 is 0 Å². The molecule has 1 aliphatic heterocycles. The Bertz CT molecular complexity index is 243. The topological polar surface area (TPSA) is 55.8 Å². The van der Waals surface area contributed by atoms with Crippen LogP contribution in [-0.2, 0) is 4.79 Å². The zero-order valence-electron chi connectivity index (χ0n) is 11.2. The van der Waals surface area contributed by atoms with Gasteiger partial charge in [-0.25, -0.2) is 0 Å². The minimum absolute atomic E-state index is 0.0195. The third-order valence-corrected chi connectivity index (χ3v) is 2.91. The van der Waals surface area contributed by atoms with Gasteiger partial charge in [-0.1, -0.05) is 0 Å². The number of hydrogen-bond donors (Lipinski definition) is 2.